The lowest BCUT2D eigenvalue weighted by Gasteiger charge is -2.21. The summed E-state index contributed by atoms with van der Waals surface area (Å²) < 4.78 is 7.42. The number of halogens is 1. The maximum absolute atomic E-state index is 10.6. The fraction of sp³-hybridized carbons (Fsp3) is 0.333. The molecule has 1 aliphatic heterocycles. The number of aryl methyl sites for hydroxylation is 1. The molecule has 5 atom stereocenters. The standard InChI is InChI=1S/C18H19ClN4O5/c1-8-20-16(22-27)11-6-7-23(17(11)21-8)18-14(26)13(25)15(28-18)12(24)9-2-4-10(19)5-3-9/h2-7,12-15,18,24-27H,1H3,(H,20,21,22)/t12-,13+,14-,15-,18-/m1/s1. The highest BCUT2D eigenvalue weighted by atomic mass is 35.5. The highest BCUT2D eigenvalue weighted by Gasteiger charge is 2.47. The van der Waals surface area contributed by atoms with Crippen LogP contribution in [0.3, 0.4) is 0 Å². The molecule has 1 aliphatic rings. The van der Waals surface area contributed by atoms with E-state index < -0.39 is 30.6 Å². The van der Waals surface area contributed by atoms with Crippen LogP contribution in [0.1, 0.15) is 23.7 Å². The molecule has 0 aliphatic carbocycles. The molecule has 1 aromatic carbocycles. The van der Waals surface area contributed by atoms with Gasteiger partial charge in [-0.3, -0.25) is 0 Å². The largest absolute Gasteiger partial charge is 0.409 e. The molecule has 0 bridgehead atoms. The van der Waals surface area contributed by atoms with Crippen molar-refractivity contribution < 1.29 is 25.3 Å². The molecular weight excluding hydrogens is 388 g/mol. The number of aliphatic hydroxyl groups is 3. The Morgan fingerprint density at radius 3 is 2.61 bits per heavy atom. The highest BCUT2D eigenvalue weighted by Crippen LogP contribution is 2.37. The molecule has 0 unspecified atom stereocenters. The highest BCUT2D eigenvalue weighted by molar-refractivity contribution is 6.30. The number of hydrogen-bond acceptors (Lipinski definition) is 7. The second kappa shape index (κ2) is 7.19. The fourth-order valence-electron chi connectivity index (χ4n) is 3.49. The number of aromatic nitrogens is 3. The van der Waals surface area contributed by atoms with E-state index in [0.29, 0.717) is 27.4 Å². The van der Waals surface area contributed by atoms with E-state index in [-0.39, 0.29) is 5.49 Å². The molecule has 3 aromatic rings. The zero-order chi connectivity index (χ0) is 20.0. The van der Waals surface area contributed by atoms with Crippen molar-refractivity contribution in [3.8, 4) is 0 Å². The molecule has 9 nitrogen and oxygen atoms in total. The van der Waals surface area contributed by atoms with Gasteiger partial charge in [0.15, 0.2) is 6.23 Å². The number of ether oxygens (including phenoxy) is 1. The summed E-state index contributed by atoms with van der Waals surface area (Å²) in [7, 11) is 0. The summed E-state index contributed by atoms with van der Waals surface area (Å²) in [6.07, 6.45) is -4.18. The van der Waals surface area contributed by atoms with Crippen LogP contribution < -0.4 is 5.49 Å². The molecule has 1 saturated heterocycles. The van der Waals surface area contributed by atoms with E-state index in [1.807, 2.05) is 0 Å². The SMILES string of the molecule is Cc1n/c(=N\O)c2ccn([C@@H]3O[C@H]([C@H](O)c4ccc(Cl)cc4)[C@@H](O)[C@H]3O)c2[nH]1. The summed E-state index contributed by atoms with van der Waals surface area (Å²) >= 11 is 5.87. The quantitative estimate of drug-likeness (QED) is 0.325. The van der Waals surface area contributed by atoms with Gasteiger partial charge in [-0.15, -0.1) is 0 Å². The molecule has 1 fully saturated rings. The Morgan fingerprint density at radius 1 is 1.21 bits per heavy atom. The first-order valence-corrected chi connectivity index (χ1v) is 8.99. The van der Waals surface area contributed by atoms with Gasteiger partial charge in [0.25, 0.3) is 0 Å². The lowest BCUT2D eigenvalue weighted by molar-refractivity contribution is -0.0848. The van der Waals surface area contributed by atoms with E-state index in [1.54, 1.807) is 48.0 Å². The Bertz CT molecular complexity index is 1060. The fourth-order valence-corrected chi connectivity index (χ4v) is 3.62. The molecule has 148 valence electrons. The predicted molar refractivity (Wildman–Crippen MR) is 98.5 cm³/mol. The average molecular weight is 407 g/mol. The second-order valence-corrected chi connectivity index (χ2v) is 7.14. The molecule has 0 spiro atoms. The number of aromatic amines is 1. The van der Waals surface area contributed by atoms with Crippen LogP contribution in [0.25, 0.3) is 11.0 Å². The molecule has 3 heterocycles. The molecule has 5 N–H and O–H groups in total. The maximum atomic E-state index is 10.6. The lowest BCUT2D eigenvalue weighted by atomic mass is 9.99. The first-order valence-electron chi connectivity index (χ1n) is 8.61. The van der Waals surface area contributed by atoms with Gasteiger partial charge in [-0.25, -0.2) is 4.98 Å². The van der Waals surface area contributed by atoms with E-state index in [4.69, 9.17) is 21.5 Å². The summed E-state index contributed by atoms with van der Waals surface area (Å²) in [6.45, 7) is 1.69. The normalized spacial score (nSPS) is 26.8. The molecular formula is C18H19ClN4O5. The number of nitrogens with one attached hydrogen (secondary N) is 1. The third-order valence-electron chi connectivity index (χ3n) is 4.90. The Kier molecular flexibility index (Phi) is 4.86. The average Bonchev–Trinajstić information content (AvgIpc) is 3.22. The number of nitrogens with zero attached hydrogens (tertiary/aromatic N) is 3. The molecule has 28 heavy (non-hydrogen) atoms. The van der Waals surface area contributed by atoms with Gasteiger partial charge in [-0.2, -0.15) is 0 Å². The number of rotatable bonds is 3. The summed E-state index contributed by atoms with van der Waals surface area (Å²) in [5.74, 6) is 0.492. The Hall–Kier alpha value is -2.43. The summed E-state index contributed by atoms with van der Waals surface area (Å²) in [5, 5.41) is 45.1. The first kappa shape index (κ1) is 18.9. The van der Waals surface area contributed by atoms with E-state index >= 15 is 0 Å². The van der Waals surface area contributed by atoms with Gasteiger partial charge in [-0.1, -0.05) is 28.9 Å². The Morgan fingerprint density at radius 2 is 1.93 bits per heavy atom. The van der Waals surface area contributed by atoms with Crippen molar-refractivity contribution in [2.45, 2.75) is 37.6 Å². The van der Waals surface area contributed by atoms with Crippen molar-refractivity contribution in [2.75, 3.05) is 0 Å². The molecule has 0 saturated carbocycles. The first-order chi connectivity index (χ1) is 13.4. The van der Waals surface area contributed by atoms with E-state index in [1.165, 1.54) is 0 Å². The summed E-state index contributed by atoms with van der Waals surface area (Å²) in [6, 6.07) is 8.16. The molecule has 10 heteroatoms. The predicted octanol–water partition coefficient (Wildman–Crippen LogP) is 0.969. The number of fused-ring (bicyclic) bond motifs is 1. The molecule has 0 amide bonds. The molecule has 2 aromatic heterocycles. The second-order valence-electron chi connectivity index (χ2n) is 6.70. The van der Waals surface area contributed by atoms with E-state index in [2.05, 4.69) is 15.1 Å². The molecule has 0 radical (unpaired) electrons. The van der Waals surface area contributed by atoms with Gasteiger partial charge in [0.2, 0.25) is 5.49 Å². The minimum Gasteiger partial charge on any atom is -0.409 e. The summed E-state index contributed by atoms with van der Waals surface area (Å²) in [4.78, 5) is 7.13. The van der Waals surface area contributed by atoms with Gasteiger partial charge in [0, 0.05) is 11.2 Å². The topological polar surface area (TPSA) is 136 Å². The van der Waals surface area contributed by atoms with Crippen LogP contribution in [0.15, 0.2) is 41.7 Å². The lowest BCUT2D eigenvalue weighted by Crippen LogP contribution is -2.34. The van der Waals surface area contributed by atoms with Crippen molar-refractivity contribution in [1.82, 2.24) is 14.5 Å². The van der Waals surface area contributed by atoms with Gasteiger partial charge in [-0.05, 0) is 30.7 Å². The minimum atomic E-state index is -1.32. The number of aliphatic hydroxyl groups excluding tert-OH is 3. The monoisotopic (exact) mass is 406 g/mol. The van der Waals surface area contributed by atoms with Crippen molar-refractivity contribution in [2.24, 2.45) is 5.16 Å². The Balaban J connectivity index is 1.70. The van der Waals surface area contributed by atoms with Crippen LogP contribution in [0.4, 0.5) is 0 Å². The van der Waals surface area contributed by atoms with Crippen LogP contribution >= 0.6 is 11.6 Å². The number of hydrogen-bond donors (Lipinski definition) is 5. The van der Waals surface area contributed by atoms with Gasteiger partial charge < -0.3 is 34.8 Å². The Labute approximate surface area is 164 Å². The smallest absolute Gasteiger partial charge is 0.203 e. The van der Waals surface area contributed by atoms with Crippen molar-refractivity contribution in [3.05, 3.63) is 58.4 Å². The maximum Gasteiger partial charge on any atom is 0.203 e. The minimum absolute atomic E-state index is 0.121. The van der Waals surface area contributed by atoms with Crippen LogP contribution in [0.2, 0.25) is 5.02 Å². The third kappa shape index (κ3) is 3.07. The van der Waals surface area contributed by atoms with Crippen molar-refractivity contribution in [1.29, 1.82) is 0 Å². The molecule has 4 rings (SSSR count). The third-order valence-corrected chi connectivity index (χ3v) is 5.15. The zero-order valence-corrected chi connectivity index (χ0v) is 15.5. The number of benzene rings is 1. The summed E-state index contributed by atoms with van der Waals surface area (Å²) in [5.41, 5.74) is 1.13. The van der Waals surface area contributed by atoms with Crippen LogP contribution in [-0.4, -0.2) is 53.4 Å². The van der Waals surface area contributed by atoms with Gasteiger partial charge >= 0.3 is 0 Å². The van der Waals surface area contributed by atoms with Crippen LogP contribution in [-0.2, 0) is 4.74 Å². The van der Waals surface area contributed by atoms with Crippen LogP contribution in [0.5, 0.6) is 0 Å². The van der Waals surface area contributed by atoms with Crippen LogP contribution in [0, 0.1) is 6.92 Å². The van der Waals surface area contributed by atoms with E-state index in [0.717, 1.165) is 0 Å². The van der Waals surface area contributed by atoms with E-state index in [9.17, 15) is 15.3 Å². The van der Waals surface area contributed by atoms with Gasteiger partial charge in [0.1, 0.15) is 35.9 Å². The number of H-pyrrole nitrogens is 1. The van der Waals surface area contributed by atoms with Crippen molar-refractivity contribution in [3.63, 3.8) is 0 Å². The van der Waals surface area contributed by atoms with Gasteiger partial charge in [0.05, 0.1) is 5.39 Å². The zero-order valence-electron chi connectivity index (χ0n) is 14.8. The van der Waals surface area contributed by atoms with Crippen molar-refractivity contribution >= 4 is 22.6 Å².